The smallest absolute Gasteiger partial charge is 0.262 e. The number of nitrogens with zero attached hydrogens (tertiary/aromatic N) is 2. The largest absolute Gasteiger partial charge is 0.325 e. The molecule has 0 radical (unpaired) electrons. The number of thioether (sulfide) groups is 1. The van der Waals surface area contributed by atoms with E-state index >= 15 is 0 Å². The van der Waals surface area contributed by atoms with Crippen LogP contribution >= 0.6 is 27.7 Å². The van der Waals surface area contributed by atoms with Gasteiger partial charge in [0.1, 0.15) is 0 Å². The molecule has 7 heteroatoms. The minimum atomic E-state index is -0.128. The second kappa shape index (κ2) is 10.3. The maximum absolute atomic E-state index is 13.2. The zero-order chi connectivity index (χ0) is 21.6. The molecule has 0 saturated heterocycles. The zero-order valence-corrected chi connectivity index (χ0v) is 19.5. The minimum absolute atomic E-state index is 0.0437. The van der Waals surface area contributed by atoms with Crippen molar-refractivity contribution in [1.29, 1.82) is 0 Å². The van der Waals surface area contributed by atoms with Gasteiger partial charge < -0.3 is 5.32 Å². The number of hydrogen-bond acceptors (Lipinski definition) is 4. The van der Waals surface area contributed by atoms with Gasteiger partial charge in [0.2, 0.25) is 5.91 Å². The highest BCUT2D eigenvalue weighted by molar-refractivity contribution is 9.10. The summed E-state index contributed by atoms with van der Waals surface area (Å²) < 4.78 is 2.69. The summed E-state index contributed by atoms with van der Waals surface area (Å²) in [6.07, 6.45) is 7.84. The molecule has 0 bridgehead atoms. The first-order chi connectivity index (χ1) is 15.1. The predicted molar refractivity (Wildman–Crippen MR) is 131 cm³/mol. The van der Waals surface area contributed by atoms with Gasteiger partial charge >= 0.3 is 0 Å². The molecular formula is C24H24BrN3O2S. The summed E-state index contributed by atoms with van der Waals surface area (Å²) in [4.78, 5) is 30.4. The SMILES string of the molecule is O=C(CSc1nc2ccccc2c(=O)n1CCC1=CCCCC1)Nc1ccc(Br)cc1. The van der Waals surface area contributed by atoms with Gasteiger partial charge in [0, 0.05) is 16.7 Å². The number of fused-ring (bicyclic) bond motifs is 1. The van der Waals surface area contributed by atoms with Crippen LogP contribution < -0.4 is 10.9 Å². The molecule has 0 aliphatic heterocycles. The summed E-state index contributed by atoms with van der Waals surface area (Å²) in [5, 5.41) is 4.09. The number of amides is 1. The fourth-order valence-electron chi connectivity index (χ4n) is 3.70. The van der Waals surface area contributed by atoms with Crippen LogP contribution in [0.3, 0.4) is 0 Å². The number of carbonyl (C=O) groups excluding carboxylic acids is 1. The number of anilines is 1. The third-order valence-electron chi connectivity index (χ3n) is 5.33. The highest BCUT2D eigenvalue weighted by Gasteiger charge is 2.14. The third kappa shape index (κ3) is 5.66. The third-order valence-corrected chi connectivity index (χ3v) is 6.83. The first-order valence-electron chi connectivity index (χ1n) is 10.5. The number of benzene rings is 2. The number of rotatable bonds is 7. The van der Waals surface area contributed by atoms with Crippen molar-refractivity contribution in [2.75, 3.05) is 11.1 Å². The maximum atomic E-state index is 13.2. The predicted octanol–water partition coefficient (Wildman–Crippen LogP) is 5.78. The first kappa shape index (κ1) is 21.8. The molecule has 3 aromatic rings. The van der Waals surface area contributed by atoms with E-state index < -0.39 is 0 Å². The summed E-state index contributed by atoms with van der Waals surface area (Å²) in [5.74, 6) is 0.0556. The second-order valence-corrected chi connectivity index (χ2v) is 9.43. The van der Waals surface area contributed by atoms with Crippen LogP contribution in [0, 0.1) is 0 Å². The van der Waals surface area contributed by atoms with Crippen molar-refractivity contribution in [3.8, 4) is 0 Å². The van der Waals surface area contributed by atoms with E-state index in [-0.39, 0.29) is 17.2 Å². The van der Waals surface area contributed by atoms with Crippen molar-refractivity contribution in [1.82, 2.24) is 9.55 Å². The molecule has 1 aliphatic rings. The van der Waals surface area contributed by atoms with Gasteiger partial charge in [0.15, 0.2) is 5.16 Å². The topological polar surface area (TPSA) is 64.0 Å². The Bertz CT molecular complexity index is 1170. The summed E-state index contributed by atoms with van der Waals surface area (Å²) in [6.45, 7) is 0.583. The number of aromatic nitrogens is 2. The molecule has 160 valence electrons. The van der Waals surface area contributed by atoms with Gasteiger partial charge in [-0.2, -0.15) is 0 Å². The molecule has 1 amide bonds. The van der Waals surface area contributed by atoms with Crippen molar-refractivity contribution in [3.63, 3.8) is 0 Å². The Morgan fingerprint density at radius 3 is 2.71 bits per heavy atom. The van der Waals surface area contributed by atoms with E-state index in [2.05, 4.69) is 27.3 Å². The Morgan fingerprint density at radius 2 is 1.94 bits per heavy atom. The van der Waals surface area contributed by atoms with Gasteiger partial charge in [0.25, 0.3) is 5.56 Å². The Morgan fingerprint density at radius 1 is 1.13 bits per heavy atom. The molecule has 31 heavy (non-hydrogen) atoms. The van der Waals surface area contributed by atoms with Gasteiger partial charge in [-0.3, -0.25) is 14.2 Å². The average molecular weight is 498 g/mol. The van der Waals surface area contributed by atoms with Crippen molar-refractivity contribution < 1.29 is 4.79 Å². The summed E-state index contributed by atoms with van der Waals surface area (Å²) in [7, 11) is 0. The molecule has 5 nitrogen and oxygen atoms in total. The van der Waals surface area contributed by atoms with Crippen LogP contribution in [0.25, 0.3) is 10.9 Å². The molecule has 0 unspecified atom stereocenters. The second-order valence-electron chi connectivity index (χ2n) is 7.57. The fourth-order valence-corrected chi connectivity index (χ4v) is 4.79. The molecule has 1 N–H and O–H groups in total. The lowest BCUT2D eigenvalue weighted by molar-refractivity contribution is -0.113. The molecule has 1 aromatic heterocycles. The molecule has 1 heterocycles. The van der Waals surface area contributed by atoms with Gasteiger partial charge in [-0.1, -0.05) is 51.5 Å². The van der Waals surface area contributed by atoms with Crippen LogP contribution in [0.1, 0.15) is 32.1 Å². The summed E-state index contributed by atoms with van der Waals surface area (Å²) in [6, 6.07) is 14.8. The van der Waals surface area contributed by atoms with Crippen molar-refractivity contribution >= 4 is 50.2 Å². The standard InChI is InChI=1S/C24H24BrN3O2S/c25-18-10-12-19(13-11-18)26-22(29)16-31-24-27-21-9-5-4-8-20(21)23(30)28(24)15-14-17-6-2-1-3-7-17/h4-6,8-13H,1-3,7,14-16H2,(H,26,29). The van der Waals surface area contributed by atoms with Crippen LogP contribution in [-0.4, -0.2) is 21.2 Å². The summed E-state index contributed by atoms with van der Waals surface area (Å²) >= 11 is 4.69. The molecule has 4 rings (SSSR count). The Kier molecular flexibility index (Phi) is 7.25. The van der Waals surface area contributed by atoms with Crippen LogP contribution in [0.4, 0.5) is 5.69 Å². The van der Waals surface area contributed by atoms with Gasteiger partial charge in [-0.25, -0.2) is 4.98 Å². The van der Waals surface area contributed by atoms with Crippen molar-refractivity contribution in [3.05, 3.63) is 75.0 Å². The molecule has 0 saturated carbocycles. The number of allylic oxidation sites excluding steroid dienone is 2. The van der Waals surface area contributed by atoms with E-state index in [1.165, 1.54) is 30.2 Å². The van der Waals surface area contributed by atoms with E-state index in [0.717, 1.165) is 29.4 Å². The number of carbonyl (C=O) groups is 1. The van der Waals surface area contributed by atoms with Gasteiger partial charge in [0.05, 0.1) is 16.7 Å². The first-order valence-corrected chi connectivity index (χ1v) is 12.2. The van der Waals surface area contributed by atoms with Gasteiger partial charge in [-0.05, 0) is 68.5 Å². The molecule has 2 aromatic carbocycles. The lowest BCUT2D eigenvalue weighted by Crippen LogP contribution is -2.24. The Labute approximate surface area is 194 Å². The Balaban J connectivity index is 1.53. The Hall–Kier alpha value is -2.38. The number of halogens is 1. The molecular weight excluding hydrogens is 474 g/mol. The zero-order valence-electron chi connectivity index (χ0n) is 17.1. The molecule has 1 aliphatic carbocycles. The maximum Gasteiger partial charge on any atom is 0.262 e. The van der Waals surface area contributed by atoms with E-state index in [4.69, 9.17) is 4.98 Å². The van der Waals surface area contributed by atoms with Crippen LogP contribution in [-0.2, 0) is 11.3 Å². The average Bonchev–Trinajstić information content (AvgIpc) is 2.79. The van der Waals surface area contributed by atoms with E-state index in [9.17, 15) is 9.59 Å². The van der Waals surface area contributed by atoms with Crippen LogP contribution in [0.2, 0.25) is 0 Å². The fraction of sp³-hybridized carbons (Fsp3) is 0.292. The number of hydrogen-bond donors (Lipinski definition) is 1. The normalized spacial score (nSPS) is 13.8. The van der Waals surface area contributed by atoms with Crippen LogP contribution in [0.15, 0.2) is 74.6 Å². The van der Waals surface area contributed by atoms with Gasteiger partial charge in [-0.15, -0.1) is 0 Å². The molecule has 0 fully saturated rings. The summed E-state index contributed by atoms with van der Waals surface area (Å²) in [5.41, 5.74) is 2.77. The lowest BCUT2D eigenvalue weighted by Gasteiger charge is -2.16. The van der Waals surface area contributed by atoms with E-state index in [0.29, 0.717) is 22.6 Å². The molecule has 0 spiro atoms. The highest BCUT2D eigenvalue weighted by atomic mass is 79.9. The quantitative estimate of drug-likeness (QED) is 0.255. The number of para-hydroxylation sites is 1. The molecule has 0 atom stereocenters. The van der Waals surface area contributed by atoms with E-state index in [1.54, 1.807) is 4.57 Å². The monoisotopic (exact) mass is 497 g/mol. The van der Waals surface area contributed by atoms with E-state index in [1.807, 2.05) is 48.5 Å². The van der Waals surface area contributed by atoms with Crippen molar-refractivity contribution in [2.24, 2.45) is 0 Å². The number of nitrogens with one attached hydrogen (secondary N) is 1. The minimum Gasteiger partial charge on any atom is -0.325 e. The lowest BCUT2D eigenvalue weighted by atomic mass is 9.97. The van der Waals surface area contributed by atoms with Crippen LogP contribution in [0.5, 0.6) is 0 Å². The highest BCUT2D eigenvalue weighted by Crippen LogP contribution is 2.23. The van der Waals surface area contributed by atoms with Crippen molar-refractivity contribution in [2.45, 2.75) is 43.8 Å².